The van der Waals surface area contributed by atoms with Crippen LogP contribution in [0.5, 0.6) is 0 Å². The number of nitrogens with one attached hydrogen (secondary N) is 2. The largest absolute Gasteiger partial charge is 0.396 e. The van der Waals surface area contributed by atoms with Crippen LogP contribution in [0.1, 0.15) is 17.5 Å². The first kappa shape index (κ1) is 32.7. The Bertz CT molecular complexity index is 2410. The van der Waals surface area contributed by atoms with Crippen LogP contribution in [0.15, 0.2) is 122 Å². The Kier molecular flexibility index (Phi) is 8.43. The molecule has 6 rings (SSSR count). The second-order valence-electron chi connectivity index (χ2n) is 11.4. The lowest BCUT2D eigenvalue weighted by molar-refractivity contribution is 0.482. The van der Waals surface area contributed by atoms with Gasteiger partial charge in [-0.05, 0) is 78.4 Å². The highest BCUT2D eigenvalue weighted by Gasteiger charge is 2.35. The third-order valence-electron chi connectivity index (χ3n) is 8.26. The molecule has 6 N–H and O–H groups in total. The molecule has 0 radical (unpaired) electrons. The van der Waals surface area contributed by atoms with Crippen molar-refractivity contribution in [1.82, 2.24) is 0 Å². The number of nitrogens with two attached hydrogens (primary N) is 1. The molecule has 0 fully saturated rings. The first-order chi connectivity index (χ1) is 22.7. The normalized spacial score (nSPS) is 17.5. The summed E-state index contributed by atoms with van der Waals surface area (Å²) in [4.78, 5) is -0.514. The van der Waals surface area contributed by atoms with Gasteiger partial charge in [-0.2, -0.15) is 27.1 Å². The van der Waals surface area contributed by atoms with Gasteiger partial charge >= 0.3 is 0 Å². The Balaban J connectivity index is 1.29. The van der Waals surface area contributed by atoms with Gasteiger partial charge in [-0.15, -0.1) is 5.11 Å². The molecule has 1 atom stereocenters. The van der Waals surface area contributed by atoms with E-state index in [0.29, 0.717) is 28.8 Å². The fourth-order valence-electron chi connectivity index (χ4n) is 5.69. The average Bonchev–Trinajstić information content (AvgIpc) is 3.04. The van der Waals surface area contributed by atoms with Crippen molar-refractivity contribution in [3.63, 3.8) is 0 Å². The lowest BCUT2D eigenvalue weighted by Crippen LogP contribution is -2.31. The zero-order chi connectivity index (χ0) is 34.4. The van der Waals surface area contributed by atoms with Crippen LogP contribution in [0.3, 0.4) is 0 Å². The Morgan fingerprint density at radius 3 is 2.25 bits per heavy atom. The highest BCUT2D eigenvalue weighted by Crippen LogP contribution is 2.38. The van der Waals surface area contributed by atoms with Crippen molar-refractivity contribution in [2.45, 2.75) is 25.2 Å². The third kappa shape index (κ3) is 6.33. The zero-order valence-corrected chi connectivity index (χ0v) is 27.3. The van der Waals surface area contributed by atoms with Gasteiger partial charge in [0.15, 0.2) is 0 Å². The average molecular weight is 683 g/mol. The van der Waals surface area contributed by atoms with Crippen molar-refractivity contribution in [2.75, 3.05) is 11.2 Å². The summed E-state index contributed by atoms with van der Waals surface area (Å²) in [6.07, 6.45) is 6.78. The van der Waals surface area contributed by atoms with Crippen LogP contribution >= 0.6 is 0 Å². The molecule has 0 amide bonds. The highest BCUT2D eigenvalue weighted by molar-refractivity contribution is 7.89. The van der Waals surface area contributed by atoms with E-state index >= 15 is 0 Å². The van der Waals surface area contributed by atoms with E-state index in [2.05, 4.69) is 20.8 Å². The van der Waals surface area contributed by atoms with E-state index in [1.165, 1.54) is 12.1 Å². The summed E-state index contributed by atoms with van der Waals surface area (Å²) in [5.41, 5.74) is 14.6. The minimum Gasteiger partial charge on any atom is -0.396 e. The number of hydrogen-bond acceptors (Lipinski definition) is 10. The van der Waals surface area contributed by atoms with Crippen molar-refractivity contribution < 1.29 is 25.9 Å². The van der Waals surface area contributed by atoms with E-state index in [-0.39, 0.29) is 38.0 Å². The number of nitrogens with zero attached hydrogens (tertiary/aromatic N) is 3. The van der Waals surface area contributed by atoms with Gasteiger partial charge in [-0.1, -0.05) is 60.7 Å². The zero-order valence-electron chi connectivity index (χ0n) is 25.7. The summed E-state index contributed by atoms with van der Waals surface area (Å²) in [5, 5.41) is 22.2. The number of allylic oxidation sites excluding steroid dienone is 6. The van der Waals surface area contributed by atoms with Gasteiger partial charge in [0.1, 0.15) is 16.3 Å². The van der Waals surface area contributed by atoms with Gasteiger partial charge < -0.3 is 5.73 Å². The maximum absolute atomic E-state index is 12.1. The highest BCUT2D eigenvalue weighted by atomic mass is 32.2. The van der Waals surface area contributed by atoms with E-state index in [9.17, 15) is 25.9 Å². The van der Waals surface area contributed by atoms with Crippen molar-refractivity contribution in [1.29, 1.82) is 5.41 Å². The van der Waals surface area contributed by atoms with Gasteiger partial charge in [0.2, 0.25) is 0 Å². The molecule has 12 nitrogen and oxygen atoms in total. The van der Waals surface area contributed by atoms with E-state index in [0.717, 1.165) is 22.3 Å². The van der Waals surface area contributed by atoms with Gasteiger partial charge in [0.05, 0.1) is 27.7 Å². The van der Waals surface area contributed by atoms with E-state index in [1.54, 1.807) is 48.6 Å². The molecule has 0 saturated carbocycles. The number of aryl methyl sites for hydroxylation is 2. The van der Waals surface area contributed by atoms with Crippen LogP contribution in [0.4, 0.5) is 22.7 Å². The van der Waals surface area contributed by atoms with Crippen LogP contribution in [-0.2, 0) is 20.2 Å². The Hall–Kier alpha value is -5.28. The molecular weight excluding hydrogens is 653 g/mol. The molecule has 0 aromatic heterocycles. The molecule has 1 unspecified atom stereocenters. The molecule has 0 aliphatic heterocycles. The molecule has 48 heavy (non-hydrogen) atoms. The maximum Gasteiger partial charge on any atom is 0.295 e. The summed E-state index contributed by atoms with van der Waals surface area (Å²) in [6, 6.07) is 19.0. The summed E-state index contributed by atoms with van der Waals surface area (Å²) >= 11 is 0. The second-order valence-corrected chi connectivity index (χ2v) is 14.2. The first-order valence-corrected chi connectivity index (χ1v) is 17.5. The second kappa shape index (κ2) is 12.4. The SMILES string of the molecule is Cc1ccc(-c2ccc(N/N=C3\C=C(S(=O)(=O)O)C4CC=CC=C4C3=N)c(C)c2)cc1N=Nc1cc(S(=O)(=O)O)c2ccccc2c1N. The minimum absolute atomic E-state index is 0.0690. The van der Waals surface area contributed by atoms with Crippen LogP contribution in [0.2, 0.25) is 0 Å². The third-order valence-corrected chi connectivity index (χ3v) is 10.2. The van der Waals surface area contributed by atoms with Gasteiger partial charge in [0, 0.05) is 16.7 Å². The number of anilines is 2. The predicted octanol–water partition coefficient (Wildman–Crippen LogP) is 7.44. The fourth-order valence-corrected chi connectivity index (χ4v) is 7.25. The van der Waals surface area contributed by atoms with Crippen molar-refractivity contribution in [3.05, 3.63) is 113 Å². The van der Waals surface area contributed by atoms with Crippen LogP contribution in [0, 0.1) is 25.2 Å². The molecular formula is C34H30N6O6S2. The first-order valence-electron chi connectivity index (χ1n) is 14.6. The standard InChI is InChI=1S/C34H30N6O6S2/c1-19-11-12-22(16-28(19)38-40-30-18-32(48(44,45)46)24-8-4-6-10-26(24)34(30)36)21-13-14-27(20(2)15-21)37-39-29-17-31(47(41,42)43)23-7-3-5-9-25(23)33(29)35/h3-6,8-18,23,35,37H,7,36H2,1-2H3,(H,41,42,43)(H,44,45,46)/b35-33?,39-29+,40-38?. The molecule has 0 saturated heterocycles. The minimum atomic E-state index is -4.56. The van der Waals surface area contributed by atoms with Crippen molar-refractivity contribution in [3.8, 4) is 11.1 Å². The topological polar surface area (TPSA) is 208 Å². The van der Waals surface area contributed by atoms with Gasteiger partial charge in [0.25, 0.3) is 20.2 Å². The molecule has 2 aliphatic carbocycles. The summed E-state index contributed by atoms with van der Waals surface area (Å²) in [5.74, 6) is -0.629. The van der Waals surface area contributed by atoms with E-state index in [1.807, 2.05) is 44.2 Å². The number of nitrogen functional groups attached to an aromatic ring is 1. The number of azo groups is 1. The Labute approximate surface area is 277 Å². The molecule has 4 aromatic carbocycles. The van der Waals surface area contributed by atoms with Crippen LogP contribution in [0.25, 0.3) is 21.9 Å². The lowest BCUT2D eigenvalue weighted by atomic mass is 9.82. The molecule has 4 aromatic rings. The van der Waals surface area contributed by atoms with E-state index < -0.39 is 26.2 Å². The number of rotatable bonds is 7. The molecule has 0 bridgehead atoms. The number of benzene rings is 4. The molecule has 0 spiro atoms. The van der Waals surface area contributed by atoms with Crippen molar-refractivity contribution >= 4 is 65.2 Å². The maximum atomic E-state index is 12.1. The Morgan fingerprint density at radius 1 is 0.854 bits per heavy atom. The summed E-state index contributed by atoms with van der Waals surface area (Å²) in [7, 11) is -9.06. The lowest BCUT2D eigenvalue weighted by Gasteiger charge is -2.27. The molecule has 2 aliphatic rings. The molecule has 0 heterocycles. The number of fused-ring (bicyclic) bond motifs is 2. The van der Waals surface area contributed by atoms with Crippen LogP contribution in [-0.4, -0.2) is 37.4 Å². The van der Waals surface area contributed by atoms with Crippen molar-refractivity contribution in [2.24, 2.45) is 21.2 Å². The number of hydrazone groups is 1. The quantitative estimate of drug-likeness (QED) is 0.0571. The summed E-state index contributed by atoms with van der Waals surface area (Å²) < 4.78 is 68.1. The molecule has 244 valence electrons. The predicted molar refractivity (Wildman–Crippen MR) is 187 cm³/mol. The van der Waals surface area contributed by atoms with Gasteiger partial charge in [-0.25, -0.2) is 0 Å². The fraction of sp³-hybridized carbons (Fsp3) is 0.118. The van der Waals surface area contributed by atoms with E-state index in [4.69, 9.17) is 11.1 Å². The monoisotopic (exact) mass is 682 g/mol. The van der Waals surface area contributed by atoms with Crippen LogP contribution < -0.4 is 11.2 Å². The Morgan fingerprint density at radius 2 is 1.54 bits per heavy atom. The molecule has 14 heteroatoms. The summed E-state index contributed by atoms with van der Waals surface area (Å²) in [6.45, 7) is 3.72. The smallest absolute Gasteiger partial charge is 0.295 e. The van der Waals surface area contributed by atoms with Gasteiger partial charge in [-0.3, -0.25) is 19.9 Å². The number of hydrogen-bond donors (Lipinski definition) is 5.